The first-order valence-corrected chi connectivity index (χ1v) is 9.65. The predicted molar refractivity (Wildman–Crippen MR) is 107 cm³/mol. The van der Waals surface area contributed by atoms with Gasteiger partial charge in [0.15, 0.2) is 11.4 Å². The zero-order valence-electron chi connectivity index (χ0n) is 16.6. The molecule has 1 saturated heterocycles. The van der Waals surface area contributed by atoms with Crippen LogP contribution in [0.15, 0.2) is 51.9 Å². The molecule has 12 heteroatoms. The van der Waals surface area contributed by atoms with Crippen molar-refractivity contribution < 1.29 is 32.8 Å². The van der Waals surface area contributed by atoms with Crippen LogP contribution in [0.5, 0.6) is 0 Å². The van der Waals surface area contributed by atoms with Gasteiger partial charge in [0.25, 0.3) is 11.5 Å². The molecule has 0 aliphatic carbocycles. The summed E-state index contributed by atoms with van der Waals surface area (Å²) in [6.45, 7) is -0.704. The van der Waals surface area contributed by atoms with Crippen molar-refractivity contribution >= 4 is 28.2 Å². The van der Waals surface area contributed by atoms with Crippen LogP contribution >= 0.6 is 0 Å². The first-order valence-electron chi connectivity index (χ1n) is 9.65. The van der Waals surface area contributed by atoms with Crippen molar-refractivity contribution in [2.45, 2.75) is 12.7 Å². The number of halogens is 3. The van der Waals surface area contributed by atoms with Gasteiger partial charge in [-0.15, -0.1) is 5.23 Å². The Labute approximate surface area is 179 Å². The molecule has 1 aromatic carbocycles. The summed E-state index contributed by atoms with van der Waals surface area (Å²) in [6, 6.07) is 9.07. The quantitative estimate of drug-likeness (QED) is 0.587. The van der Waals surface area contributed by atoms with Gasteiger partial charge in [-0.05, 0) is 18.2 Å². The molecule has 9 nitrogen and oxygen atoms in total. The second kappa shape index (κ2) is 8.20. The summed E-state index contributed by atoms with van der Waals surface area (Å²) in [6.07, 6.45) is -3.31. The lowest BCUT2D eigenvalue weighted by Crippen LogP contribution is -2.49. The van der Waals surface area contributed by atoms with E-state index in [0.717, 1.165) is 0 Å². The third-order valence-electron chi connectivity index (χ3n) is 5.27. The Hall–Kier alpha value is -3.51. The van der Waals surface area contributed by atoms with Gasteiger partial charge < -0.3 is 14.2 Å². The molecule has 1 aliphatic rings. The van der Waals surface area contributed by atoms with Crippen LogP contribution in [0, 0.1) is 0 Å². The number of rotatable bonds is 4. The van der Waals surface area contributed by atoms with Gasteiger partial charge in [0.2, 0.25) is 0 Å². The molecule has 0 atom stereocenters. The van der Waals surface area contributed by atoms with Crippen LogP contribution in [-0.4, -0.2) is 58.1 Å². The number of alkyl halides is 3. The molecule has 0 radical (unpaired) electrons. The Morgan fingerprint density at radius 3 is 2.34 bits per heavy atom. The Bertz CT molecular complexity index is 1180. The third-order valence-corrected chi connectivity index (χ3v) is 5.27. The molecule has 4 rings (SSSR count). The summed E-state index contributed by atoms with van der Waals surface area (Å²) in [5.41, 5.74) is -1.81. The largest absolute Gasteiger partial charge is 0.459 e. The Morgan fingerprint density at radius 2 is 1.75 bits per heavy atom. The number of hydrogen-bond acceptors (Lipinski definition) is 7. The number of carbonyl (C=O) groups excluding carboxylic acids is 1. The standard InChI is InChI=1S/C20H19F3N4O5/c21-20(22,23)12-26-14-5-2-1-4-13(14)16(17(19(26)29)27(30)31)24-7-9-25(10-8-24)18(28)15-6-3-11-32-15/h1-6,11,30-31H,7-10,12H2. The number of amides is 1. The summed E-state index contributed by atoms with van der Waals surface area (Å²) < 4.78 is 44.9. The second-order valence-corrected chi connectivity index (χ2v) is 7.27. The van der Waals surface area contributed by atoms with Gasteiger partial charge in [0.1, 0.15) is 6.54 Å². The number of anilines is 2. The first-order chi connectivity index (χ1) is 15.2. The van der Waals surface area contributed by atoms with E-state index in [0.29, 0.717) is 4.57 Å². The van der Waals surface area contributed by atoms with E-state index < -0.39 is 29.2 Å². The van der Waals surface area contributed by atoms with Crippen LogP contribution in [-0.2, 0) is 6.54 Å². The molecular weight excluding hydrogens is 433 g/mol. The number of furan rings is 1. The summed E-state index contributed by atoms with van der Waals surface area (Å²) in [5, 5.41) is 19.3. The van der Waals surface area contributed by atoms with E-state index in [9.17, 15) is 33.2 Å². The van der Waals surface area contributed by atoms with E-state index in [2.05, 4.69) is 0 Å². The molecule has 32 heavy (non-hydrogen) atoms. The maximum atomic E-state index is 13.1. The van der Waals surface area contributed by atoms with Crippen LogP contribution < -0.4 is 15.7 Å². The van der Waals surface area contributed by atoms with Gasteiger partial charge in [-0.3, -0.25) is 24.6 Å². The maximum absolute atomic E-state index is 13.1. The van der Waals surface area contributed by atoms with Crippen LogP contribution in [0.3, 0.4) is 0 Å². The average Bonchev–Trinajstić information content (AvgIpc) is 3.29. The minimum Gasteiger partial charge on any atom is -0.459 e. The molecule has 3 aromatic rings. The first kappa shape index (κ1) is 21.7. The number of carbonyl (C=O) groups is 1. The van der Waals surface area contributed by atoms with Crippen molar-refractivity contribution in [3.05, 3.63) is 58.8 Å². The molecule has 2 N–H and O–H groups in total. The lowest BCUT2D eigenvalue weighted by Gasteiger charge is -2.37. The third kappa shape index (κ3) is 4.01. The van der Waals surface area contributed by atoms with Gasteiger partial charge in [-0.25, -0.2) is 0 Å². The SMILES string of the molecule is O=C(c1ccco1)N1CCN(c2c(N(O)O)c(=O)n(CC(F)(F)F)c3ccccc23)CC1. The van der Waals surface area contributed by atoms with Crippen LogP contribution in [0.4, 0.5) is 24.5 Å². The number of benzene rings is 1. The van der Waals surface area contributed by atoms with Gasteiger partial charge >= 0.3 is 6.18 Å². The van der Waals surface area contributed by atoms with Gasteiger partial charge in [-0.2, -0.15) is 13.2 Å². The highest BCUT2D eigenvalue weighted by molar-refractivity contribution is 5.98. The fourth-order valence-electron chi connectivity index (χ4n) is 3.90. The van der Waals surface area contributed by atoms with Crippen molar-refractivity contribution in [1.29, 1.82) is 0 Å². The van der Waals surface area contributed by atoms with Crippen molar-refractivity contribution in [1.82, 2.24) is 9.47 Å². The Balaban J connectivity index is 1.75. The molecule has 0 unspecified atom stereocenters. The number of pyridine rings is 1. The van der Waals surface area contributed by atoms with Gasteiger partial charge in [-0.1, -0.05) is 18.2 Å². The Kier molecular flexibility index (Phi) is 5.57. The Morgan fingerprint density at radius 1 is 1.06 bits per heavy atom. The lowest BCUT2D eigenvalue weighted by molar-refractivity contribution is -0.140. The zero-order valence-corrected chi connectivity index (χ0v) is 16.6. The van der Waals surface area contributed by atoms with Crippen molar-refractivity contribution in [2.24, 2.45) is 0 Å². The molecular formula is C20H19F3N4O5. The molecule has 170 valence electrons. The molecule has 1 amide bonds. The van der Waals surface area contributed by atoms with E-state index in [-0.39, 0.29) is 54.4 Å². The number of piperazine rings is 1. The van der Waals surface area contributed by atoms with Crippen LogP contribution in [0.1, 0.15) is 10.6 Å². The minimum absolute atomic E-state index is 0.00418. The van der Waals surface area contributed by atoms with E-state index in [4.69, 9.17) is 4.42 Å². The summed E-state index contributed by atoms with van der Waals surface area (Å²) in [5.74, 6) is -0.137. The fourth-order valence-corrected chi connectivity index (χ4v) is 3.90. The highest BCUT2D eigenvalue weighted by Gasteiger charge is 2.33. The topological polar surface area (TPSA) is 102 Å². The number of para-hydroxylation sites is 1. The highest BCUT2D eigenvalue weighted by atomic mass is 19.4. The molecule has 0 spiro atoms. The van der Waals surface area contributed by atoms with Gasteiger partial charge in [0, 0.05) is 31.6 Å². The van der Waals surface area contributed by atoms with Gasteiger partial charge in [0.05, 0.1) is 17.5 Å². The van der Waals surface area contributed by atoms with E-state index >= 15 is 0 Å². The minimum atomic E-state index is -4.70. The van der Waals surface area contributed by atoms with Crippen molar-refractivity contribution in [3.63, 3.8) is 0 Å². The van der Waals surface area contributed by atoms with Crippen LogP contribution in [0.2, 0.25) is 0 Å². The zero-order chi connectivity index (χ0) is 23.0. The number of hydrogen-bond donors (Lipinski definition) is 2. The van der Waals surface area contributed by atoms with E-state index in [1.807, 2.05) is 0 Å². The van der Waals surface area contributed by atoms with Crippen molar-refractivity contribution in [3.8, 4) is 0 Å². The molecule has 1 fully saturated rings. The summed E-state index contributed by atoms with van der Waals surface area (Å²) in [4.78, 5) is 28.6. The summed E-state index contributed by atoms with van der Waals surface area (Å²) in [7, 11) is 0. The predicted octanol–water partition coefficient (Wildman–Crippen LogP) is 2.70. The number of aromatic nitrogens is 1. The molecule has 1 aliphatic heterocycles. The lowest BCUT2D eigenvalue weighted by atomic mass is 10.1. The second-order valence-electron chi connectivity index (χ2n) is 7.27. The number of fused-ring (bicyclic) bond motifs is 1. The molecule has 0 saturated carbocycles. The fraction of sp³-hybridized carbons (Fsp3) is 0.300. The molecule has 0 bridgehead atoms. The van der Waals surface area contributed by atoms with E-state index in [1.165, 1.54) is 35.4 Å². The van der Waals surface area contributed by atoms with Crippen molar-refractivity contribution in [2.75, 3.05) is 36.3 Å². The highest BCUT2D eigenvalue weighted by Crippen LogP contribution is 2.35. The smallest absolute Gasteiger partial charge is 0.406 e. The molecule has 3 heterocycles. The number of nitrogens with zero attached hydrogens (tertiary/aromatic N) is 4. The van der Waals surface area contributed by atoms with E-state index in [1.54, 1.807) is 17.0 Å². The molecule has 2 aromatic heterocycles. The average molecular weight is 452 g/mol. The maximum Gasteiger partial charge on any atom is 0.406 e. The monoisotopic (exact) mass is 452 g/mol. The summed E-state index contributed by atoms with van der Waals surface area (Å²) >= 11 is 0. The van der Waals surface area contributed by atoms with Crippen LogP contribution in [0.25, 0.3) is 10.9 Å². The normalized spacial score (nSPS) is 14.8.